The van der Waals surface area contributed by atoms with Crippen molar-refractivity contribution in [2.24, 2.45) is 0 Å². The van der Waals surface area contributed by atoms with Gasteiger partial charge >= 0.3 is 11.9 Å². The van der Waals surface area contributed by atoms with Crippen LogP contribution in [0.25, 0.3) is 10.9 Å². The summed E-state index contributed by atoms with van der Waals surface area (Å²) in [5, 5.41) is 0.645. The minimum absolute atomic E-state index is 0.0238. The molecule has 6 nitrogen and oxygen atoms in total. The summed E-state index contributed by atoms with van der Waals surface area (Å²) in [4.78, 5) is 39.9. The molecule has 0 unspecified atom stereocenters. The van der Waals surface area contributed by atoms with Gasteiger partial charge in [0.05, 0.1) is 30.9 Å². The summed E-state index contributed by atoms with van der Waals surface area (Å²) < 4.78 is 9.49. The average Bonchev–Trinajstić information content (AvgIpc) is 2.52. The van der Waals surface area contributed by atoms with Gasteiger partial charge < -0.3 is 9.47 Å². The van der Waals surface area contributed by atoms with Crippen molar-refractivity contribution in [3.05, 3.63) is 41.1 Å². The van der Waals surface area contributed by atoms with Crippen molar-refractivity contribution in [2.45, 2.75) is 13.3 Å². The number of carbonyl (C=O) groups is 3. The van der Waals surface area contributed by atoms with E-state index in [2.05, 4.69) is 4.98 Å². The van der Waals surface area contributed by atoms with Gasteiger partial charge in [-0.1, -0.05) is 6.07 Å². The van der Waals surface area contributed by atoms with Crippen LogP contribution in [0.5, 0.6) is 0 Å². The predicted molar refractivity (Wildman–Crippen MR) is 78.8 cm³/mol. The lowest BCUT2D eigenvalue weighted by Crippen LogP contribution is -2.17. The van der Waals surface area contributed by atoms with Crippen LogP contribution in [0.15, 0.2) is 24.4 Å². The fraction of sp³-hybridized carbons (Fsp3) is 0.250. The molecule has 0 atom stereocenters. The second-order valence-electron chi connectivity index (χ2n) is 4.71. The zero-order valence-corrected chi connectivity index (χ0v) is 12.5. The Morgan fingerprint density at radius 1 is 1.14 bits per heavy atom. The van der Waals surface area contributed by atoms with Crippen molar-refractivity contribution in [1.29, 1.82) is 0 Å². The average molecular weight is 301 g/mol. The molecule has 1 aromatic heterocycles. The van der Waals surface area contributed by atoms with Crippen LogP contribution in [0.4, 0.5) is 0 Å². The predicted octanol–water partition coefficient (Wildman–Crippen LogP) is 1.94. The zero-order valence-electron chi connectivity index (χ0n) is 12.5. The highest BCUT2D eigenvalue weighted by Gasteiger charge is 2.25. The highest BCUT2D eigenvalue weighted by Crippen LogP contribution is 2.27. The molecular formula is C16H15NO5. The van der Waals surface area contributed by atoms with Crippen molar-refractivity contribution in [3.63, 3.8) is 0 Å². The maximum absolute atomic E-state index is 12.1. The van der Waals surface area contributed by atoms with Crippen LogP contribution in [0, 0.1) is 0 Å². The number of carbonyl (C=O) groups excluding carboxylic acids is 3. The summed E-state index contributed by atoms with van der Waals surface area (Å²) in [6.07, 6.45) is 1.54. The van der Waals surface area contributed by atoms with Crippen molar-refractivity contribution >= 4 is 28.6 Å². The van der Waals surface area contributed by atoms with Gasteiger partial charge in [-0.05, 0) is 19.1 Å². The quantitative estimate of drug-likeness (QED) is 0.803. The Morgan fingerprint density at radius 2 is 1.82 bits per heavy atom. The summed E-state index contributed by atoms with van der Waals surface area (Å²) in [5.74, 6) is -1.53. The third kappa shape index (κ3) is 2.81. The van der Waals surface area contributed by atoms with E-state index in [9.17, 15) is 14.4 Å². The third-order valence-electron chi connectivity index (χ3n) is 3.22. The fourth-order valence-electron chi connectivity index (χ4n) is 2.32. The molecule has 0 radical (unpaired) electrons. The number of aromatic nitrogens is 1. The Morgan fingerprint density at radius 3 is 2.41 bits per heavy atom. The van der Waals surface area contributed by atoms with E-state index >= 15 is 0 Å². The van der Waals surface area contributed by atoms with Crippen molar-refractivity contribution in [1.82, 2.24) is 4.98 Å². The third-order valence-corrected chi connectivity index (χ3v) is 3.22. The Bertz CT molecular complexity index is 766. The van der Waals surface area contributed by atoms with Crippen LogP contribution in [0.3, 0.4) is 0 Å². The Balaban J connectivity index is 2.89. The van der Waals surface area contributed by atoms with Gasteiger partial charge in [0.15, 0.2) is 0 Å². The monoisotopic (exact) mass is 301 g/mol. The van der Waals surface area contributed by atoms with E-state index < -0.39 is 11.9 Å². The molecule has 0 spiro atoms. The number of hydrogen-bond donors (Lipinski definition) is 0. The number of fused-ring (bicyclic) bond motifs is 1. The van der Waals surface area contributed by atoms with Crippen LogP contribution in [-0.4, -0.2) is 36.9 Å². The lowest BCUT2D eigenvalue weighted by molar-refractivity contribution is -0.116. The molecule has 0 saturated heterocycles. The first-order valence-corrected chi connectivity index (χ1v) is 6.56. The van der Waals surface area contributed by atoms with Crippen LogP contribution < -0.4 is 0 Å². The van der Waals surface area contributed by atoms with Gasteiger partial charge in [-0.25, -0.2) is 9.59 Å². The largest absolute Gasteiger partial charge is 0.465 e. The SMILES string of the molecule is COC(=O)c1cc2cccnc2c(CC(C)=O)c1C(=O)OC. The maximum atomic E-state index is 12.1. The van der Waals surface area contributed by atoms with Gasteiger partial charge in [0.2, 0.25) is 0 Å². The molecule has 1 aromatic carbocycles. The normalized spacial score (nSPS) is 10.3. The molecule has 6 heteroatoms. The molecule has 0 aliphatic carbocycles. The van der Waals surface area contributed by atoms with Crippen LogP contribution in [0.2, 0.25) is 0 Å². The van der Waals surface area contributed by atoms with Gasteiger partial charge in [0, 0.05) is 23.6 Å². The summed E-state index contributed by atoms with van der Waals surface area (Å²) >= 11 is 0. The highest BCUT2D eigenvalue weighted by molar-refractivity contribution is 6.09. The van der Waals surface area contributed by atoms with Gasteiger partial charge in [-0.15, -0.1) is 0 Å². The highest BCUT2D eigenvalue weighted by atomic mass is 16.5. The second-order valence-corrected chi connectivity index (χ2v) is 4.71. The molecule has 22 heavy (non-hydrogen) atoms. The molecule has 0 bridgehead atoms. The molecule has 0 aliphatic rings. The molecule has 0 amide bonds. The minimum atomic E-state index is -0.704. The van der Waals surface area contributed by atoms with Gasteiger partial charge in [-0.3, -0.25) is 9.78 Å². The molecule has 0 N–H and O–H groups in total. The number of hydrogen-bond acceptors (Lipinski definition) is 6. The van der Waals surface area contributed by atoms with Gasteiger partial charge in [-0.2, -0.15) is 0 Å². The molecule has 2 aromatic rings. The first-order valence-electron chi connectivity index (χ1n) is 6.56. The first kappa shape index (κ1) is 15.6. The topological polar surface area (TPSA) is 82.6 Å². The van der Waals surface area contributed by atoms with E-state index in [0.717, 1.165) is 0 Å². The van der Waals surface area contributed by atoms with Crippen molar-refractivity contribution in [2.75, 3.05) is 14.2 Å². The smallest absolute Gasteiger partial charge is 0.339 e. The lowest BCUT2D eigenvalue weighted by atomic mass is 9.93. The number of benzene rings is 1. The first-order chi connectivity index (χ1) is 10.5. The summed E-state index contributed by atoms with van der Waals surface area (Å²) in [6, 6.07) is 4.97. The molecule has 1 heterocycles. The number of nitrogens with zero attached hydrogens (tertiary/aromatic N) is 1. The van der Waals surface area contributed by atoms with Crippen LogP contribution in [-0.2, 0) is 20.7 Å². The van der Waals surface area contributed by atoms with E-state index in [1.165, 1.54) is 27.2 Å². The molecule has 0 aliphatic heterocycles. The standard InChI is InChI=1S/C16H15NO5/c1-9(18)7-11-13(16(20)22-3)12(15(19)21-2)8-10-5-4-6-17-14(10)11/h4-6,8H,7H2,1-3H3. The number of methoxy groups -OCH3 is 2. The number of rotatable bonds is 4. The van der Waals surface area contributed by atoms with E-state index in [4.69, 9.17) is 9.47 Å². The van der Waals surface area contributed by atoms with Gasteiger partial charge in [0.25, 0.3) is 0 Å². The number of ether oxygens (including phenoxy) is 2. The minimum Gasteiger partial charge on any atom is -0.465 e. The molecule has 114 valence electrons. The zero-order chi connectivity index (χ0) is 16.3. The summed E-state index contributed by atoms with van der Waals surface area (Å²) in [6.45, 7) is 1.40. The van der Waals surface area contributed by atoms with Crippen molar-refractivity contribution in [3.8, 4) is 0 Å². The van der Waals surface area contributed by atoms with E-state index in [1.807, 2.05) is 0 Å². The molecule has 0 saturated carbocycles. The Labute approximate surface area is 127 Å². The fourth-order valence-corrected chi connectivity index (χ4v) is 2.32. The Kier molecular flexibility index (Phi) is 4.50. The molecule has 2 rings (SSSR count). The number of ketones is 1. The number of Topliss-reactive ketones (excluding diaryl/α,β-unsaturated/α-hetero) is 1. The van der Waals surface area contributed by atoms with Gasteiger partial charge in [0.1, 0.15) is 5.78 Å². The number of esters is 2. The van der Waals surface area contributed by atoms with E-state index in [-0.39, 0.29) is 23.3 Å². The lowest BCUT2D eigenvalue weighted by Gasteiger charge is -2.14. The Hall–Kier alpha value is -2.76. The second kappa shape index (κ2) is 6.34. The molecular weight excluding hydrogens is 286 g/mol. The number of pyridine rings is 1. The summed E-state index contributed by atoms with van der Waals surface area (Å²) in [7, 11) is 2.44. The van der Waals surface area contributed by atoms with Crippen LogP contribution >= 0.6 is 0 Å². The molecule has 0 fully saturated rings. The van der Waals surface area contributed by atoms with E-state index in [1.54, 1.807) is 18.3 Å². The van der Waals surface area contributed by atoms with Crippen LogP contribution in [0.1, 0.15) is 33.2 Å². The summed E-state index contributed by atoms with van der Waals surface area (Å²) in [5.41, 5.74) is 0.949. The maximum Gasteiger partial charge on any atom is 0.339 e. The van der Waals surface area contributed by atoms with E-state index in [0.29, 0.717) is 16.5 Å². The van der Waals surface area contributed by atoms with Crippen molar-refractivity contribution < 1.29 is 23.9 Å².